The summed E-state index contributed by atoms with van der Waals surface area (Å²) in [5, 5.41) is 11.3. The van der Waals surface area contributed by atoms with Gasteiger partial charge in [-0.2, -0.15) is 0 Å². The number of nitrogens with zero attached hydrogens (tertiary/aromatic N) is 1. The first-order valence-corrected chi connectivity index (χ1v) is 10.7. The number of rotatable bonds is 5. The van der Waals surface area contributed by atoms with E-state index in [4.69, 9.17) is 9.47 Å². The molecule has 0 aromatic heterocycles. The van der Waals surface area contributed by atoms with Crippen LogP contribution in [-0.4, -0.2) is 42.0 Å². The molecule has 168 valence electrons. The van der Waals surface area contributed by atoms with Crippen LogP contribution in [0.3, 0.4) is 0 Å². The zero-order valence-electron chi connectivity index (χ0n) is 18.1. The second-order valence-corrected chi connectivity index (χ2v) is 8.09. The number of hydrogen-bond donors (Lipinski definition) is 1. The van der Waals surface area contributed by atoms with Gasteiger partial charge in [0.25, 0.3) is 11.7 Å². The Balaban J connectivity index is 1.92. The maximum atomic E-state index is 14.9. The zero-order valence-corrected chi connectivity index (χ0v) is 18.1. The van der Waals surface area contributed by atoms with Crippen molar-refractivity contribution >= 4 is 17.4 Å². The van der Waals surface area contributed by atoms with Gasteiger partial charge in [0.2, 0.25) is 0 Å². The molecule has 7 heteroatoms. The number of Topliss-reactive ketones (excluding diaryl/α,β-unsaturated/α-hetero) is 1. The van der Waals surface area contributed by atoms with Crippen molar-refractivity contribution in [1.82, 2.24) is 4.90 Å². The zero-order chi connectivity index (χ0) is 22.8. The predicted molar refractivity (Wildman–Crippen MR) is 117 cm³/mol. The van der Waals surface area contributed by atoms with Crippen LogP contribution in [-0.2, 0) is 9.59 Å². The molecule has 1 unspecified atom stereocenters. The van der Waals surface area contributed by atoms with Crippen LogP contribution >= 0.6 is 0 Å². The van der Waals surface area contributed by atoms with E-state index in [9.17, 15) is 19.1 Å². The molecule has 2 fully saturated rings. The number of aliphatic hydroxyl groups excluding tert-OH is 1. The standard InChI is InChI=1S/C25H26FNO5/c1-31-16-12-13-18(20(14-16)32-2)23(28)21-22(17-10-6-7-11-19(17)26)27(25(30)24(21)29)15-8-4-3-5-9-15/h6-7,10-15,22,28H,3-5,8-9H2,1-2H3/b23-21+. The minimum atomic E-state index is -1.01. The van der Waals surface area contributed by atoms with Gasteiger partial charge in [0.05, 0.1) is 31.4 Å². The summed E-state index contributed by atoms with van der Waals surface area (Å²) in [6, 6.07) is 9.62. The van der Waals surface area contributed by atoms with Crippen LogP contribution in [0.5, 0.6) is 11.5 Å². The molecule has 0 spiro atoms. The minimum absolute atomic E-state index is 0.130. The first-order valence-electron chi connectivity index (χ1n) is 10.7. The van der Waals surface area contributed by atoms with Gasteiger partial charge in [-0.15, -0.1) is 0 Å². The summed E-state index contributed by atoms with van der Waals surface area (Å²) in [6.45, 7) is 0. The normalized spacial score (nSPS) is 21.1. The van der Waals surface area contributed by atoms with Crippen LogP contribution in [0.2, 0.25) is 0 Å². The van der Waals surface area contributed by atoms with Crippen molar-refractivity contribution in [2.75, 3.05) is 14.2 Å². The number of likely N-dealkylation sites (tertiary alicyclic amines) is 1. The Bertz CT molecular complexity index is 1070. The molecule has 1 atom stereocenters. The number of amides is 1. The van der Waals surface area contributed by atoms with E-state index in [0.717, 1.165) is 32.1 Å². The Morgan fingerprint density at radius 3 is 2.41 bits per heavy atom. The van der Waals surface area contributed by atoms with Gasteiger partial charge in [-0.3, -0.25) is 9.59 Å². The van der Waals surface area contributed by atoms with Crippen molar-refractivity contribution in [3.8, 4) is 11.5 Å². The summed E-state index contributed by atoms with van der Waals surface area (Å²) < 4.78 is 25.5. The SMILES string of the molecule is COc1ccc(/C(O)=C2\C(=O)C(=O)N(C3CCCCC3)C2c2ccccc2F)c(OC)c1. The average molecular weight is 439 g/mol. The van der Waals surface area contributed by atoms with Gasteiger partial charge in [0, 0.05) is 17.7 Å². The molecule has 2 aliphatic rings. The number of carbonyl (C=O) groups is 2. The fourth-order valence-corrected chi connectivity index (χ4v) is 4.73. The van der Waals surface area contributed by atoms with Gasteiger partial charge >= 0.3 is 0 Å². The molecule has 2 aromatic rings. The molecule has 2 aromatic carbocycles. The summed E-state index contributed by atoms with van der Waals surface area (Å²) in [6.07, 6.45) is 4.41. The maximum Gasteiger partial charge on any atom is 0.295 e. The van der Waals surface area contributed by atoms with Crippen LogP contribution in [0, 0.1) is 5.82 Å². The van der Waals surface area contributed by atoms with E-state index in [1.54, 1.807) is 36.4 Å². The fraction of sp³-hybridized carbons (Fsp3) is 0.360. The van der Waals surface area contributed by atoms with E-state index >= 15 is 0 Å². The molecule has 32 heavy (non-hydrogen) atoms. The molecule has 4 rings (SSSR count). The van der Waals surface area contributed by atoms with E-state index in [1.165, 1.54) is 25.2 Å². The van der Waals surface area contributed by atoms with E-state index in [2.05, 4.69) is 0 Å². The highest BCUT2D eigenvalue weighted by Gasteiger charge is 2.49. The second kappa shape index (κ2) is 9.02. The Hall–Kier alpha value is -3.35. The highest BCUT2D eigenvalue weighted by molar-refractivity contribution is 6.46. The lowest BCUT2D eigenvalue weighted by atomic mass is 9.90. The summed E-state index contributed by atoms with van der Waals surface area (Å²) >= 11 is 0. The van der Waals surface area contributed by atoms with Gasteiger partial charge in [0.1, 0.15) is 23.1 Å². The third-order valence-corrected chi connectivity index (χ3v) is 6.31. The number of benzene rings is 2. The molecule has 1 aliphatic carbocycles. The molecule has 1 N–H and O–H groups in total. The molecule has 1 heterocycles. The van der Waals surface area contributed by atoms with Crippen LogP contribution < -0.4 is 9.47 Å². The number of ketones is 1. The van der Waals surface area contributed by atoms with Gasteiger partial charge in [-0.05, 0) is 31.0 Å². The van der Waals surface area contributed by atoms with E-state index in [0.29, 0.717) is 5.75 Å². The molecule has 0 bridgehead atoms. The molecular weight excluding hydrogens is 413 g/mol. The lowest BCUT2D eigenvalue weighted by Gasteiger charge is -2.35. The molecule has 6 nitrogen and oxygen atoms in total. The first-order chi connectivity index (χ1) is 15.5. The Labute approximate surface area is 186 Å². The van der Waals surface area contributed by atoms with Gasteiger partial charge in [-0.25, -0.2) is 4.39 Å². The fourth-order valence-electron chi connectivity index (χ4n) is 4.73. The van der Waals surface area contributed by atoms with Gasteiger partial charge in [0.15, 0.2) is 0 Å². The third-order valence-electron chi connectivity index (χ3n) is 6.31. The Kier molecular flexibility index (Phi) is 6.17. The van der Waals surface area contributed by atoms with Crippen molar-refractivity contribution in [3.05, 3.63) is 65.0 Å². The molecule has 1 aliphatic heterocycles. The van der Waals surface area contributed by atoms with Crippen LogP contribution in [0.25, 0.3) is 5.76 Å². The summed E-state index contributed by atoms with van der Waals surface area (Å²) in [5.74, 6) is -1.68. The van der Waals surface area contributed by atoms with Crippen LogP contribution in [0.15, 0.2) is 48.0 Å². The van der Waals surface area contributed by atoms with Crippen LogP contribution in [0.4, 0.5) is 4.39 Å². The van der Waals surface area contributed by atoms with Crippen molar-refractivity contribution in [2.24, 2.45) is 0 Å². The molecule has 1 saturated heterocycles. The quantitative estimate of drug-likeness (QED) is 0.419. The van der Waals surface area contributed by atoms with Crippen molar-refractivity contribution in [2.45, 2.75) is 44.2 Å². The largest absolute Gasteiger partial charge is 0.507 e. The van der Waals surface area contributed by atoms with E-state index in [1.807, 2.05) is 0 Å². The number of carbonyl (C=O) groups excluding carboxylic acids is 2. The highest BCUT2D eigenvalue weighted by Crippen LogP contribution is 2.44. The topological polar surface area (TPSA) is 76.1 Å². The van der Waals surface area contributed by atoms with Crippen molar-refractivity contribution in [1.29, 1.82) is 0 Å². The predicted octanol–water partition coefficient (Wildman–Crippen LogP) is 4.60. The summed E-state index contributed by atoms with van der Waals surface area (Å²) in [4.78, 5) is 27.8. The van der Waals surface area contributed by atoms with Crippen molar-refractivity contribution < 1.29 is 28.6 Å². The lowest BCUT2D eigenvalue weighted by Crippen LogP contribution is -2.40. The summed E-state index contributed by atoms with van der Waals surface area (Å²) in [7, 11) is 2.93. The monoisotopic (exact) mass is 439 g/mol. The molecule has 1 saturated carbocycles. The van der Waals surface area contributed by atoms with Gasteiger partial charge in [-0.1, -0.05) is 37.5 Å². The maximum absolute atomic E-state index is 14.9. The lowest BCUT2D eigenvalue weighted by molar-refractivity contribution is -0.141. The van der Waals surface area contributed by atoms with Gasteiger partial charge < -0.3 is 19.5 Å². The van der Waals surface area contributed by atoms with Crippen LogP contribution in [0.1, 0.15) is 49.3 Å². The third kappa shape index (κ3) is 3.72. The first kappa shape index (κ1) is 21.9. The number of halogens is 1. The Morgan fingerprint density at radius 2 is 1.75 bits per heavy atom. The number of methoxy groups -OCH3 is 2. The van der Waals surface area contributed by atoms with Crippen molar-refractivity contribution in [3.63, 3.8) is 0 Å². The number of hydrogen-bond acceptors (Lipinski definition) is 5. The van der Waals surface area contributed by atoms with E-state index < -0.39 is 29.3 Å². The second-order valence-electron chi connectivity index (χ2n) is 8.09. The molecule has 0 radical (unpaired) electrons. The Morgan fingerprint density at radius 1 is 1.03 bits per heavy atom. The summed E-state index contributed by atoms with van der Waals surface area (Å²) in [5.41, 5.74) is 0.289. The number of aliphatic hydroxyl groups is 1. The smallest absolute Gasteiger partial charge is 0.295 e. The molecule has 1 amide bonds. The molecular formula is C25H26FNO5. The number of ether oxygens (including phenoxy) is 2. The van der Waals surface area contributed by atoms with E-state index in [-0.39, 0.29) is 28.5 Å². The minimum Gasteiger partial charge on any atom is -0.507 e. The highest BCUT2D eigenvalue weighted by atomic mass is 19.1. The average Bonchev–Trinajstić information content (AvgIpc) is 3.09.